The van der Waals surface area contributed by atoms with Gasteiger partial charge in [-0.2, -0.15) is 0 Å². The van der Waals surface area contributed by atoms with Crippen molar-refractivity contribution in [2.75, 3.05) is 16.6 Å². The maximum absolute atomic E-state index is 13.1. The minimum absolute atomic E-state index is 0.343. The van der Waals surface area contributed by atoms with Crippen LogP contribution in [-0.2, 0) is 10.0 Å². The zero-order valence-electron chi connectivity index (χ0n) is 12.1. The number of aryl methyl sites for hydroxylation is 1. The summed E-state index contributed by atoms with van der Waals surface area (Å²) in [7, 11) is -3.54. The number of rotatable bonds is 2. The van der Waals surface area contributed by atoms with Gasteiger partial charge >= 0.3 is 0 Å². The van der Waals surface area contributed by atoms with Crippen LogP contribution in [0.3, 0.4) is 0 Å². The fraction of sp³-hybridized carbons (Fsp3) is 0.250. The fourth-order valence-corrected chi connectivity index (χ4v) is 5.36. The number of benzene rings is 2. The van der Waals surface area contributed by atoms with Crippen molar-refractivity contribution in [3.8, 4) is 0 Å². The summed E-state index contributed by atoms with van der Waals surface area (Å²) in [6.45, 7) is 2.41. The van der Waals surface area contributed by atoms with Gasteiger partial charge in [0.15, 0.2) is 0 Å². The molecule has 0 spiro atoms. The maximum Gasteiger partial charge on any atom is 0.264 e. The second-order valence-corrected chi connectivity index (χ2v) is 9.01. The Balaban J connectivity index is 2.10. The third kappa shape index (κ3) is 2.92. The van der Waals surface area contributed by atoms with Gasteiger partial charge in [-0.1, -0.05) is 28.1 Å². The van der Waals surface area contributed by atoms with Crippen LogP contribution in [0.15, 0.2) is 56.7 Å². The van der Waals surface area contributed by atoms with Gasteiger partial charge in [0.25, 0.3) is 10.0 Å². The number of fused-ring (bicyclic) bond motifs is 1. The van der Waals surface area contributed by atoms with Gasteiger partial charge in [-0.25, -0.2) is 8.42 Å². The van der Waals surface area contributed by atoms with E-state index in [1.807, 2.05) is 31.2 Å². The van der Waals surface area contributed by atoms with Crippen LogP contribution in [0, 0.1) is 6.92 Å². The Morgan fingerprint density at radius 2 is 1.95 bits per heavy atom. The Labute approximate surface area is 143 Å². The predicted octanol–water partition coefficient (Wildman–Crippen LogP) is 4.45. The summed E-state index contributed by atoms with van der Waals surface area (Å²) in [4.78, 5) is 1.37. The number of thioether (sulfide) groups is 1. The summed E-state index contributed by atoms with van der Waals surface area (Å²) in [6, 6.07) is 12.9. The predicted molar refractivity (Wildman–Crippen MR) is 95.2 cm³/mol. The largest absolute Gasteiger partial charge is 0.265 e. The third-order valence-electron chi connectivity index (χ3n) is 3.61. The lowest BCUT2D eigenvalue weighted by atomic mass is 10.2. The highest BCUT2D eigenvalue weighted by Gasteiger charge is 2.28. The van der Waals surface area contributed by atoms with Gasteiger partial charge in [-0.3, -0.25) is 4.31 Å². The molecule has 1 aliphatic heterocycles. The molecule has 22 heavy (non-hydrogen) atoms. The van der Waals surface area contributed by atoms with Crippen molar-refractivity contribution < 1.29 is 8.42 Å². The standard InChI is InChI=1S/C16H16BrNO2S2/c1-12-11-13(7-8-14(12)17)22(19,20)18-9-4-10-21-16-6-3-2-5-15(16)18/h2-3,5-8,11H,4,9-10H2,1H3. The van der Waals surface area contributed by atoms with Crippen LogP contribution in [0.1, 0.15) is 12.0 Å². The van der Waals surface area contributed by atoms with E-state index in [1.54, 1.807) is 34.3 Å². The molecule has 2 aromatic carbocycles. The smallest absolute Gasteiger partial charge is 0.264 e. The van der Waals surface area contributed by atoms with Gasteiger partial charge in [0.2, 0.25) is 0 Å². The van der Waals surface area contributed by atoms with E-state index >= 15 is 0 Å². The summed E-state index contributed by atoms with van der Waals surface area (Å²) in [6.07, 6.45) is 0.841. The van der Waals surface area contributed by atoms with E-state index in [0.29, 0.717) is 11.4 Å². The molecule has 0 aromatic heterocycles. The molecule has 116 valence electrons. The molecular formula is C16H16BrNO2S2. The molecular weight excluding hydrogens is 382 g/mol. The van der Waals surface area contributed by atoms with Crippen LogP contribution >= 0.6 is 27.7 Å². The Kier molecular flexibility index (Phi) is 4.52. The molecule has 0 amide bonds. The average Bonchev–Trinajstić information content (AvgIpc) is 2.72. The Hall–Kier alpha value is -0.980. The Morgan fingerprint density at radius 1 is 1.18 bits per heavy atom. The van der Waals surface area contributed by atoms with E-state index in [1.165, 1.54) is 0 Å². The third-order valence-corrected chi connectivity index (χ3v) is 7.46. The van der Waals surface area contributed by atoms with Crippen LogP contribution < -0.4 is 4.31 Å². The molecule has 0 unspecified atom stereocenters. The SMILES string of the molecule is Cc1cc(S(=O)(=O)N2CCCSc3ccccc32)ccc1Br. The number of anilines is 1. The molecule has 0 atom stereocenters. The van der Waals surface area contributed by atoms with E-state index in [-0.39, 0.29) is 0 Å². The monoisotopic (exact) mass is 397 g/mol. The van der Waals surface area contributed by atoms with Gasteiger partial charge in [0.1, 0.15) is 0 Å². The van der Waals surface area contributed by atoms with Gasteiger partial charge in [-0.15, -0.1) is 11.8 Å². The van der Waals surface area contributed by atoms with Crippen LogP contribution in [0.4, 0.5) is 5.69 Å². The number of para-hydroxylation sites is 1. The number of hydrogen-bond acceptors (Lipinski definition) is 3. The van der Waals surface area contributed by atoms with Gasteiger partial charge in [0, 0.05) is 15.9 Å². The highest BCUT2D eigenvalue weighted by molar-refractivity contribution is 9.10. The highest BCUT2D eigenvalue weighted by Crippen LogP contribution is 2.36. The molecule has 1 aliphatic rings. The topological polar surface area (TPSA) is 37.4 Å². The van der Waals surface area contributed by atoms with Crippen LogP contribution in [0.2, 0.25) is 0 Å². The summed E-state index contributed by atoms with van der Waals surface area (Å²) >= 11 is 5.14. The Bertz CT molecular complexity index is 806. The van der Waals surface area contributed by atoms with E-state index in [2.05, 4.69) is 15.9 Å². The molecule has 3 nitrogen and oxygen atoms in total. The summed E-state index contributed by atoms with van der Waals surface area (Å²) in [5, 5.41) is 0. The van der Waals surface area contributed by atoms with E-state index in [0.717, 1.165) is 32.8 Å². The lowest BCUT2D eigenvalue weighted by Crippen LogP contribution is -2.32. The van der Waals surface area contributed by atoms with Crippen molar-refractivity contribution in [2.45, 2.75) is 23.1 Å². The molecule has 0 bridgehead atoms. The minimum atomic E-state index is -3.54. The second-order valence-electron chi connectivity index (χ2n) is 5.16. The van der Waals surface area contributed by atoms with Crippen molar-refractivity contribution in [2.24, 2.45) is 0 Å². The zero-order valence-corrected chi connectivity index (χ0v) is 15.3. The van der Waals surface area contributed by atoms with Crippen LogP contribution in [0.5, 0.6) is 0 Å². The van der Waals surface area contributed by atoms with Crippen molar-refractivity contribution in [3.05, 3.63) is 52.5 Å². The second kappa shape index (κ2) is 6.26. The van der Waals surface area contributed by atoms with Crippen LogP contribution in [-0.4, -0.2) is 20.7 Å². The number of hydrogen-bond donors (Lipinski definition) is 0. The Morgan fingerprint density at radius 3 is 2.73 bits per heavy atom. The van der Waals surface area contributed by atoms with Crippen molar-refractivity contribution in [3.63, 3.8) is 0 Å². The quantitative estimate of drug-likeness (QED) is 0.750. The molecule has 2 aromatic rings. The lowest BCUT2D eigenvalue weighted by Gasteiger charge is -2.24. The molecule has 0 N–H and O–H groups in total. The average molecular weight is 398 g/mol. The number of halogens is 1. The molecule has 0 radical (unpaired) electrons. The molecule has 3 rings (SSSR count). The van der Waals surface area contributed by atoms with E-state index < -0.39 is 10.0 Å². The van der Waals surface area contributed by atoms with Crippen molar-refractivity contribution in [1.29, 1.82) is 0 Å². The van der Waals surface area contributed by atoms with Gasteiger partial charge in [0.05, 0.1) is 10.6 Å². The molecule has 1 heterocycles. The van der Waals surface area contributed by atoms with Gasteiger partial charge in [-0.05, 0) is 55.0 Å². The molecule has 0 saturated carbocycles. The highest BCUT2D eigenvalue weighted by atomic mass is 79.9. The molecule has 0 saturated heterocycles. The summed E-state index contributed by atoms with van der Waals surface area (Å²) in [5.74, 6) is 0.933. The molecule has 0 aliphatic carbocycles. The first-order valence-electron chi connectivity index (χ1n) is 7.01. The van der Waals surface area contributed by atoms with E-state index in [9.17, 15) is 8.42 Å². The molecule has 6 heteroatoms. The summed E-state index contributed by atoms with van der Waals surface area (Å²) in [5.41, 5.74) is 1.70. The van der Waals surface area contributed by atoms with Crippen molar-refractivity contribution in [1.82, 2.24) is 0 Å². The lowest BCUT2D eigenvalue weighted by molar-refractivity contribution is 0.590. The first-order chi connectivity index (χ1) is 10.5. The zero-order chi connectivity index (χ0) is 15.7. The maximum atomic E-state index is 13.1. The first-order valence-corrected chi connectivity index (χ1v) is 10.2. The number of sulfonamides is 1. The minimum Gasteiger partial charge on any atom is -0.265 e. The van der Waals surface area contributed by atoms with Crippen LogP contribution in [0.25, 0.3) is 0 Å². The normalized spacial score (nSPS) is 15.3. The van der Waals surface area contributed by atoms with E-state index in [4.69, 9.17) is 0 Å². The fourth-order valence-electron chi connectivity index (χ4n) is 2.45. The van der Waals surface area contributed by atoms with Gasteiger partial charge < -0.3 is 0 Å². The number of nitrogens with zero attached hydrogens (tertiary/aromatic N) is 1. The molecule has 0 fully saturated rings. The van der Waals surface area contributed by atoms with Crippen molar-refractivity contribution >= 4 is 43.4 Å². The first kappa shape index (κ1) is 15.9. The summed E-state index contributed by atoms with van der Waals surface area (Å²) < 4.78 is 28.6.